The van der Waals surface area contributed by atoms with Crippen molar-refractivity contribution in [3.63, 3.8) is 0 Å². The van der Waals surface area contributed by atoms with E-state index in [9.17, 15) is 10.1 Å². The van der Waals surface area contributed by atoms with Crippen LogP contribution in [-0.2, 0) is 0 Å². The van der Waals surface area contributed by atoms with Crippen LogP contribution >= 0.6 is 0 Å². The molecule has 1 aromatic rings. The van der Waals surface area contributed by atoms with Gasteiger partial charge in [-0.05, 0) is 25.2 Å². The molecule has 2 rings (SSSR count). The van der Waals surface area contributed by atoms with Crippen molar-refractivity contribution < 1.29 is 4.92 Å². The Labute approximate surface area is 124 Å². The molecule has 0 unspecified atom stereocenters. The van der Waals surface area contributed by atoms with E-state index in [1.165, 1.54) is 0 Å². The molecule has 1 saturated heterocycles. The lowest BCUT2D eigenvalue weighted by molar-refractivity contribution is -0.385. The normalized spacial score (nSPS) is 17.0. The third kappa shape index (κ3) is 3.40. The Balaban J connectivity index is 2.40. The number of rotatable bonds is 5. The maximum absolute atomic E-state index is 11.4. The second-order valence-electron chi connectivity index (χ2n) is 6.32. The quantitative estimate of drug-likeness (QED) is 0.663. The second-order valence-corrected chi connectivity index (χ2v) is 6.32. The van der Waals surface area contributed by atoms with Gasteiger partial charge in [0.05, 0.1) is 4.92 Å². The first-order valence-electron chi connectivity index (χ1n) is 7.36. The van der Waals surface area contributed by atoms with E-state index in [0.29, 0.717) is 17.5 Å². The molecule has 1 aliphatic rings. The maximum atomic E-state index is 11.4. The largest absolute Gasteiger partial charge is 0.354 e. The van der Waals surface area contributed by atoms with E-state index in [0.717, 1.165) is 32.5 Å². The van der Waals surface area contributed by atoms with Crippen LogP contribution in [0.25, 0.3) is 0 Å². The molecule has 0 radical (unpaired) electrons. The van der Waals surface area contributed by atoms with Gasteiger partial charge in [0.1, 0.15) is 5.69 Å². The van der Waals surface area contributed by atoms with Crippen molar-refractivity contribution in [1.82, 2.24) is 9.97 Å². The van der Waals surface area contributed by atoms with Crippen molar-refractivity contribution in [1.29, 1.82) is 0 Å². The highest BCUT2D eigenvalue weighted by atomic mass is 16.6. The van der Waals surface area contributed by atoms with Crippen LogP contribution in [0.5, 0.6) is 0 Å². The van der Waals surface area contributed by atoms with Crippen LogP contribution in [0, 0.1) is 22.5 Å². The number of nitrogens with zero attached hydrogens (tertiary/aromatic N) is 4. The number of anilines is 2. The van der Waals surface area contributed by atoms with Gasteiger partial charge in [-0.15, -0.1) is 0 Å². The van der Waals surface area contributed by atoms with Crippen LogP contribution in [-0.4, -0.2) is 34.5 Å². The van der Waals surface area contributed by atoms with Gasteiger partial charge in [0.2, 0.25) is 11.8 Å². The second kappa shape index (κ2) is 5.83. The average Bonchev–Trinajstić information content (AvgIpc) is 2.75. The standard InChI is InChI=1S/C14H23N5O2/c1-5-7-15-13-16-10(2)11(19(20)21)12(17-13)18-8-6-14(3,4)9-18/h5-9H2,1-4H3,(H,15,16,17). The molecule has 0 aliphatic carbocycles. The predicted molar refractivity (Wildman–Crippen MR) is 82.8 cm³/mol. The molecule has 116 valence electrons. The monoisotopic (exact) mass is 293 g/mol. The van der Waals surface area contributed by atoms with Gasteiger partial charge in [0, 0.05) is 19.6 Å². The van der Waals surface area contributed by atoms with E-state index < -0.39 is 0 Å². The Morgan fingerprint density at radius 2 is 2.14 bits per heavy atom. The van der Waals surface area contributed by atoms with Crippen LogP contribution in [0.3, 0.4) is 0 Å². The van der Waals surface area contributed by atoms with Crippen molar-refractivity contribution in [3.8, 4) is 0 Å². The number of aromatic nitrogens is 2. The third-order valence-electron chi connectivity index (χ3n) is 3.73. The molecule has 0 aromatic carbocycles. The molecule has 0 spiro atoms. The first kappa shape index (κ1) is 15.5. The molecule has 1 N–H and O–H groups in total. The maximum Gasteiger partial charge on any atom is 0.332 e. The highest BCUT2D eigenvalue weighted by Gasteiger charge is 2.35. The highest BCUT2D eigenvalue weighted by molar-refractivity contribution is 5.63. The molecule has 7 heteroatoms. The predicted octanol–water partition coefficient (Wildman–Crippen LogP) is 2.75. The zero-order valence-corrected chi connectivity index (χ0v) is 13.1. The van der Waals surface area contributed by atoms with E-state index in [2.05, 4.69) is 36.1 Å². The van der Waals surface area contributed by atoms with E-state index in [4.69, 9.17) is 0 Å². The summed E-state index contributed by atoms with van der Waals surface area (Å²) in [6, 6.07) is 0. The summed E-state index contributed by atoms with van der Waals surface area (Å²) in [5.41, 5.74) is 0.590. The van der Waals surface area contributed by atoms with Gasteiger partial charge in [-0.1, -0.05) is 20.8 Å². The zero-order chi connectivity index (χ0) is 15.6. The Bertz CT molecular complexity index is 544. The molecule has 0 atom stereocenters. The van der Waals surface area contributed by atoms with Crippen molar-refractivity contribution >= 4 is 17.5 Å². The Hall–Kier alpha value is -1.92. The summed E-state index contributed by atoms with van der Waals surface area (Å²) >= 11 is 0. The van der Waals surface area contributed by atoms with Gasteiger partial charge in [-0.25, -0.2) is 4.98 Å². The molecular formula is C14H23N5O2. The fourth-order valence-electron chi connectivity index (χ4n) is 2.60. The van der Waals surface area contributed by atoms with Crippen LogP contribution in [0.2, 0.25) is 0 Å². The van der Waals surface area contributed by atoms with Gasteiger partial charge in [0.25, 0.3) is 0 Å². The fraction of sp³-hybridized carbons (Fsp3) is 0.714. The summed E-state index contributed by atoms with van der Waals surface area (Å²) < 4.78 is 0. The van der Waals surface area contributed by atoms with Crippen molar-refractivity contribution in [2.45, 2.75) is 40.5 Å². The molecule has 1 aliphatic heterocycles. The van der Waals surface area contributed by atoms with Crippen LogP contribution < -0.4 is 10.2 Å². The summed E-state index contributed by atoms with van der Waals surface area (Å²) in [4.78, 5) is 21.6. The Kier molecular flexibility index (Phi) is 4.29. The first-order valence-corrected chi connectivity index (χ1v) is 7.36. The highest BCUT2D eigenvalue weighted by Crippen LogP contribution is 2.37. The first-order chi connectivity index (χ1) is 9.84. The van der Waals surface area contributed by atoms with Crippen LogP contribution in [0.15, 0.2) is 0 Å². The van der Waals surface area contributed by atoms with E-state index >= 15 is 0 Å². The number of nitro groups is 1. The molecule has 1 fully saturated rings. The van der Waals surface area contributed by atoms with Crippen molar-refractivity contribution in [2.75, 3.05) is 29.9 Å². The summed E-state index contributed by atoms with van der Waals surface area (Å²) in [6.45, 7) is 10.4. The summed E-state index contributed by atoms with van der Waals surface area (Å²) in [5.74, 6) is 0.913. The minimum Gasteiger partial charge on any atom is -0.354 e. The molecule has 0 saturated carbocycles. The summed E-state index contributed by atoms with van der Waals surface area (Å²) in [6.07, 6.45) is 1.95. The summed E-state index contributed by atoms with van der Waals surface area (Å²) in [7, 11) is 0. The number of hydrogen-bond donors (Lipinski definition) is 1. The van der Waals surface area contributed by atoms with Crippen LogP contribution in [0.4, 0.5) is 17.5 Å². The van der Waals surface area contributed by atoms with E-state index in [1.54, 1.807) is 6.92 Å². The Morgan fingerprint density at radius 1 is 1.43 bits per heavy atom. The molecule has 7 nitrogen and oxygen atoms in total. The molecule has 21 heavy (non-hydrogen) atoms. The lowest BCUT2D eigenvalue weighted by atomic mass is 9.93. The lowest BCUT2D eigenvalue weighted by Crippen LogP contribution is -2.25. The van der Waals surface area contributed by atoms with Gasteiger partial charge >= 0.3 is 5.69 Å². The van der Waals surface area contributed by atoms with E-state index in [-0.39, 0.29) is 16.0 Å². The number of nitrogens with one attached hydrogen (secondary N) is 1. The fourth-order valence-corrected chi connectivity index (χ4v) is 2.60. The molecule has 1 aromatic heterocycles. The lowest BCUT2D eigenvalue weighted by Gasteiger charge is -2.21. The van der Waals surface area contributed by atoms with Gasteiger partial charge in [-0.3, -0.25) is 10.1 Å². The molecular weight excluding hydrogens is 270 g/mol. The Morgan fingerprint density at radius 3 is 2.67 bits per heavy atom. The van der Waals surface area contributed by atoms with Crippen molar-refractivity contribution in [2.24, 2.45) is 5.41 Å². The number of aryl methyl sites for hydroxylation is 1. The topological polar surface area (TPSA) is 84.2 Å². The van der Waals surface area contributed by atoms with Gasteiger partial charge in [-0.2, -0.15) is 4.98 Å². The van der Waals surface area contributed by atoms with E-state index in [1.807, 2.05) is 4.90 Å². The SMILES string of the molecule is CCCNc1nc(C)c([N+](=O)[O-])c(N2CCC(C)(C)C2)n1. The number of hydrogen-bond acceptors (Lipinski definition) is 6. The molecule has 0 amide bonds. The smallest absolute Gasteiger partial charge is 0.332 e. The zero-order valence-electron chi connectivity index (χ0n) is 13.1. The summed E-state index contributed by atoms with van der Waals surface area (Å²) in [5, 5.41) is 14.5. The third-order valence-corrected chi connectivity index (χ3v) is 3.73. The minimum atomic E-state index is -0.375. The minimum absolute atomic E-state index is 0.0229. The average molecular weight is 293 g/mol. The van der Waals surface area contributed by atoms with Crippen LogP contribution in [0.1, 0.15) is 39.3 Å². The van der Waals surface area contributed by atoms with Gasteiger partial charge < -0.3 is 10.2 Å². The molecule has 0 bridgehead atoms. The molecule has 2 heterocycles. The van der Waals surface area contributed by atoms with Gasteiger partial charge in [0.15, 0.2) is 0 Å². The van der Waals surface area contributed by atoms with Crippen molar-refractivity contribution in [3.05, 3.63) is 15.8 Å².